The Morgan fingerprint density at radius 1 is 1.03 bits per heavy atom. The predicted octanol–water partition coefficient (Wildman–Crippen LogP) is 6.00. The molecule has 3 aromatic rings. The first-order valence-corrected chi connectivity index (χ1v) is 12.3. The van der Waals surface area contributed by atoms with Gasteiger partial charge in [0.1, 0.15) is 17.2 Å². The second kappa shape index (κ2) is 9.86. The van der Waals surface area contributed by atoms with E-state index < -0.39 is 11.8 Å². The van der Waals surface area contributed by atoms with E-state index in [0.717, 1.165) is 11.8 Å². The highest BCUT2D eigenvalue weighted by Gasteiger charge is 2.47. The number of amides is 1. The zero-order valence-electron chi connectivity index (χ0n) is 20.5. The molecule has 0 saturated carbocycles. The summed E-state index contributed by atoms with van der Waals surface area (Å²) in [6.07, 6.45) is -0.155. The highest BCUT2D eigenvalue weighted by molar-refractivity contribution is 6.12. The molecular formula is C29H29F2N3O3. The van der Waals surface area contributed by atoms with Crippen molar-refractivity contribution in [2.45, 2.75) is 38.1 Å². The number of nitrogens with one attached hydrogen (secondary N) is 1. The largest absolute Gasteiger partial charge is 0.508 e. The molecular weight excluding hydrogens is 476 g/mol. The van der Waals surface area contributed by atoms with Crippen molar-refractivity contribution in [3.63, 3.8) is 0 Å². The van der Waals surface area contributed by atoms with E-state index in [-0.39, 0.29) is 17.4 Å². The average molecular weight is 506 g/mol. The van der Waals surface area contributed by atoms with Gasteiger partial charge in [0.2, 0.25) is 0 Å². The number of hydrogen-bond donors (Lipinski definition) is 2. The van der Waals surface area contributed by atoms with Gasteiger partial charge in [-0.15, -0.1) is 0 Å². The molecule has 192 valence electrons. The fourth-order valence-electron chi connectivity index (χ4n) is 5.15. The number of nitrogens with zero attached hydrogens (tertiary/aromatic N) is 2. The van der Waals surface area contributed by atoms with E-state index in [1.54, 1.807) is 53.4 Å². The lowest BCUT2D eigenvalue weighted by Gasteiger charge is -2.52. The van der Waals surface area contributed by atoms with Gasteiger partial charge in [-0.25, -0.2) is 0 Å². The first kappa shape index (κ1) is 24.8. The molecule has 1 amide bonds. The molecule has 0 bridgehead atoms. The number of likely N-dealkylation sites (tertiary alicyclic amines) is 1. The second-order valence-corrected chi connectivity index (χ2v) is 9.41. The zero-order chi connectivity index (χ0) is 26.0. The first-order valence-electron chi connectivity index (χ1n) is 12.3. The summed E-state index contributed by atoms with van der Waals surface area (Å²) in [5, 5.41) is 13.4. The number of rotatable bonds is 6. The van der Waals surface area contributed by atoms with Crippen LogP contribution >= 0.6 is 0 Å². The molecule has 2 heterocycles. The molecule has 1 fully saturated rings. The van der Waals surface area contributed by atoms with Crippen molar-refractivity contribution in [3.05, 3.63) is 96.1 Å². The summed E-state index contributed by atoms with van der Waals surface area (Å²) < 4.78 is 33.3. The number of aromatic hydroxyl groups is 1. The molecule has 3 aromatic carbocycles. The smallest absolute Gasteiger partial charge is 0.419 e. The number of piperidine rings is 1. The summed E-state index contributed by atoms with van der Waals surface area (Å²) in [4.78, 5) is 17.7. The van der Waals surface area contributed by atoms with E-state index in [2.05, 4.69) is 10.2 Å². The first-order chi connectivity index (χ1) is 17.8. The van der Waals surface area contributed by atoms with Gasteiger partial charge in [0.25, 0.3) is 5.91 Å². The highest BCUT2D eigenvalue weighted by atomic mass is 19.3. The standard InChI is InChI=1S/C29H29F2N3O3/c1-2-15-29(30,31)37-26-10-6-3-7-21(26)20-33-18-16-28(17-19-33)32-25-9-5-4-8-24(25)27(36)34(28)22-11-13-23(35)14-12-22/h2-15,32,35H,16-20H2,1H3/b15-2+. The molecule has 37 heavy (non-hydrogen) atoms. The van der Waals surface area contributed by atoms with E-state index in [9.17, 15) is 18.7 Å². The quantitative estimate of drug-likeness (QED) is 0.402. The molecule has 8 heteroatoms. The van der Waals surface area contributed by atoms with E-state index in [4.69, 9.17) is 4.74 Å². The van der Waals surface area contributed by atoms with Gasteiger partial charge in [-0.2, -0.15) is 8.78 Å². The van der Waals surface area contributed by atoms with Gasteiger partial charge in [-0.1, -0.05) is 36.4 Å². The zero-order valence-corrected chi connectivity index (χ0v) is 20.5. The molecule has 2 aliphatic heterocycles. The van der Waals surface area contributed by atoms with Gasteiger partial charge in [0.05, 0.1) is 5.56 Å². The summed E-state index contributed by atoms with van der Waals surface area (Å²) in [7, 11) is 0. The van der Waals surface area contributed by atoms with E-state index >= 15 is 0 Å². The number of anilines is 2. The van der Waals surface area contributed by atoms with E-state index in [1.165, 1.54) is 13.0 Å². The molecule has 6 nitrogen and oxygen atoms in total. The van der Waals surface area contributed by atoms with E-state index in [1.807, 2.05) is 24.3 Å². The normalized spacial score (nSPS) is 17.6. The minimum absolute atomic E-state index is 0.0987. The molecule has 1 saturated heterocycles. The maximum Gasteiger partial charge on any atom is 0.419 e. The third-order valence-electron chi connectivity index (χ3n) is 6.92. The maximum atomic E-state index is 14.1. The van der Waals surface area contributed by atoms with Gasteiger partial charge in [-0.05, 0) is 49.4 Å². The molecule has 0 aliphatic carbocycles. The minimum Gasteiger partial charge on any atom is -0.508 e. The topological polar surface area (TPSA) is 65.0 Å². The molecule has 2 aliphatic rings. The van der Waals surface area contributed by atoms with Gasteiger partial charge in [0, 0.05) is 55.5 Å². The van der Waals surface area contributed by atoms with Gasteiger partial charge >= 0.3 is 6.11 Å². The van der Waals surface area contributed by atoms with Crippen molar-refractivity contribution >= 4 is 17.3 Å². The van der Waals surface area contributed by atoms with Gasteiger partial charge in [0.15, 0.2) is 0 Å². The lowest BCUT2D eigenvalue weighted by Crippen LogP contribution is -2.64. The average Bonchev–Trinajstić information content (AvgIpc) is 2.88. The van der Waals surface area contributed by atoms with Crippen LogP contribution in [0.15, 0.2) is 84.9 Å². The van der Waals surface area contributed by atoms with Crippen LogP contribution in [0.3, 0.4) is 0 Å². The number of alkyl halides is 2. The number of carbonyl (C=O) groups excluding carboxylic acids is 1. The molecule has 0 aromatic heterocycles. The molecule has 2 N–H and O–H groups in total. The Hall–Kier alpha value is -3.91. The minimum atomic E-state index is -3.39. The van der Waals surface area contributed by atoms with Crippen LogP contribution in [0, 0.1) is 0 Å². The van der Waals surface area contributed by atoms with Crippen molar-refractivity contribution in [2.24, 2.45) is 0 Å². The fraction of sp³-hybridized carbons (Fsp3) is 0.276. The SMILES string of the molecule is C/C=C/C(F)(F)Oc1ccccc1CN1CCC2(CC1)Nc1ccccc1C(=O)N2c1ccc(O)cc1. The molecule has 0 radical (unpaired) electrons. The number of ether oxygens (including phenoxy) is 1. The highest BCUT2D eigenvalue weighted by Crippen LogP contribution is 2.41. The summed E-state index contributed by atoms with van der Waals surface area (Å²) in [5.74, 6) is 0.182. The summed E-state index contributed by atoms with van der Waals surface area (Å²) in [6, 6.07) is 21.0. The number of hydrogen-bond acceptors (Lipinski definition) is 5. The lowest BCUT2D eigenvalue weighted by atomic mass is 9.89. The third kappa shape index (κ3) is 5.02. The Balaban J connectivity index is 1.38. The van der Waals surface area contributed by atoms with Crippen LogP contribution in [0.5, 0.6) is 11.5 Å². The van der Waals surface area contributed by atoms with Crippen LogP contribution in [-0.4, -0.2) is 40.8 Å². The predicted molar refractivity (Wildman–Crippen MR) is 139 cm³/mol. The van der Waals surface area contributed by atoms with Crippen molar-refractivity contribution in [1.29, 1.82) is 0 Å². The van der Waals surface area contributed by atoms with Crippen LogP contribution in [-0.2, 0) is 6.54 Å². The summed E-state index contributed by atoms with van der Waals surface area (Å²) >= 11 is 0. The number of halogens is 2. The van der Waals surface area contributed by atoms with Crippen LogP contribution < -0.4 is 15.0 Å². The number of para-hydroxylation sites is 2. The molecule has 5 rings (SSSR count). The Morgan fingerprint density at radius 3 is 2.43 bits per heavy atom. The number of benzene rings is 3. The molecule has 0 unspecified atom stereocenters. The van der Waals surface area contributed by atoms with Crippen LogP contribution in [0.25, 0.3) is 0 Å². The monoisotopic (exact) mass is 505 g/mol. The van der Waals surface area contributed by atoms with Crippen molar-refractivity contribution in [3.8, 4) is 11.5 Å². The number of fused-ring (bicyclic) bond motifs is 1. The van der Waals surface area contributed by atoms with Gasteiger partial charge < -0.3 is 15.2 Å². The van der Waals surface area contributed by atoms with E-state index in [0.29, 0.717) is 49.3 Å². The lowest BCUT2D eigenvalue weighted by molar-refractivity contribution is -0.132. The summed E-state index contributed by atoms with van der Waals surface area (Å²) in [6.45, 7) is 3.24. The number of carbonyl (C=O) groups is 1. The van der Waals surface area contributed by atoms with Crippen LogP contribution in [0.1, 0.15) is 35.7 Å². The second-order valence-electron chi connectivity index (χ2n) is 9.41. The molecule has 1 spiro atoms. The van der Waals surface area contributed by atoms with Crippen LogP contribution in [0.4, 0.5) is 20.2 Å². The maximum absolute atomic E-state index is 14.1. The van der Waals surface area contributed by atoms with Gasteiger partial charge in [-0.3, -0.25) is 14.6 Å². The van der Waals surface area contributed by atoms with Crippen molar-refractivity contribution in [2.75, 3.05) is 23.3 Å². The number of phenolic OH excluding ortho intramolecular Hbond substituents is 1. The fourth-order valence-corrected chi connectivity index (χ4v) is 5.15. The Kier molecular flexibility index (Phi) is 6.60. The molecule has 0 atom stereocenters. The number of phenols is 1. The third-order valence-corrected chi connectivity index (χ3v) is 6.92. The Morgan fingerprint density at radius 2 is 1.70 bits per heavy atom. The summed E-state index contributed by atoms with van der Waals surface area (Å²) in [5.41, 5.74) is 2.10. The van der Waals surface area contributed by atoms with Crippen LogP contribution in [0.2, 0.25) is 0 Å². The Bertz CT molecular complexity index is 1300. The Labute approximate surface area is 214 Å². The van der Waals surface area contributed by atoms with Crippen molar-refractivity contribution in [1.82, 2.24) is 4.90 Å². The van der Waals surface area contributed by atoms with Crippen molar-refractivity contribution < 1.29 is 23.4 Å². The number of allylic oxidation sites excluding steroid dienone is 1.